The second-order valence-corrected chi connectivity index (χ2v) is 2.46. The van der Waals surface area contributed by atoms with E-state index in [2.05, 4.69) is 10.7 Å². The number of nitrogens with two attached hydrogens (primary N) is 1. The van der Waals surface area contributed by atoms with E-state index < -0.39 is 37.3 Å². The number of carbonyl (C=O) groups is 1. The van der Waals surface area contributed by atoms with Gasteiger partial charge in [0.05, 0.1) is 6.61 Å². The maximum Gasteiger partial charge on any atom is 0.191 e. The van der Waals surface area contributed by atoms with Crippen molar-refractivity contribution in [1.82, 2.24) is 0 Å². The summed E-state index contributed by atoms with van der Waals surface area (Å²) in [5.41, 5.74) is 0. The zero-order chi connectivity index (χ0) is 10.4. The summed E-state index contributed by atoms with van der Waals surface area (Å²) in [6, 6.07) is 0. The number of hydrogen-bond donors (Lipinski definition) is 5. The lowest BCUT2D eigenvalue weighted by Gasteiger charge is -2.19. The first-order valence-electron chi connectivity index (χ1n) is 3.54. The molecule has 0 aromatic heterocycles. The van der Waals surface area contributed by atoms with Crippen molar-refractivity contribution in [2.45, 2.75) is 18.3 Å². The van der Waals surface area contributed by atoms with Crippen LogP contribution in [0.1, 0.15) is 0 Å². The maximum atomic E-state index is 10.8. The molecule has 0 heterocycles. The molecule has 0 aliphatic heterocycles. The van der Waals surface area contributed by atoms with Gasteiger partial charge in [-0.3, -0.25) is 9.63 Å². The molecule has 0 aromatic rings. The van der Waals surface area contributed by atoms with E-state index in [1.54, 1.807) is 0 Å². The third-order valence-corrected chi connectivity index (χ3v) is 1.46. The van der Waals surface area contributed by atoms with Crippen LogP contribution in [0.2, 0.25) is 0 Å². The summed E-state index contributed by atoms with van der Waals surface area (Å²) >= 11 is 0. The Bertz CT molecular complexity index is 163. The van der Waals surface area contributed by atoms with Crippen molar-refractivity contribution >= 4 is 5.78 Å². The minimum atomic E-state index is -1.81. The highest BCUT2D eigenvalue weighted by atomic mass is 16.6. The molecule has 0 rings (SSSR count). The minimum absolute atomic E-state index is 0.573. The van der Waals surface area contributed by atoms with Crippen molar-refractivity contribution in [3.8, 4) is 0 Å². The van der Waals surface area contributed by atoms with Crippen LogP contribution in [0.5, 0.6) is 0 Å². The van der Waals surface area contributed by atoms with Gasteiger partial charge in [0, 0.05) is 0 Å². The number of rotatable bonds is 6. The van der Waals surface area contributed by atoms with Gasteiger partial charge in [-0.25, -0.2) is 5.90 Å². The van der Waals surface area contributed by atoms with Gasteiger partial charge in [-0.2, -0.15) is 0 Å². The van der Waals surface area contributed by atoms with Gasteiger partial charge >= 0.3 is 0 Å². The first-order valence-corrected chi connectivity index (χ1v) is 3.54. The van der Waals surface area contributed by atoms with Gasteiger partial charge in [-0.05, 0) is 0 Å². The predicted octanol–water partition coefficient (Wildman–Crippen LogP) is -3.48. The first kappa shape index (κ1) is 12.4. The van der Waals surface area contributed by atoms with E-state index in [0.29, 0.717) is 0 Å². The van der Waals surface area contributed by atoms with E-state index in [0.717, 1.165) is 0 Å². The molecular formula is C6H13NO6. The normalized spacial score (nSPS) is 17.9. The highest BCUT2D eigenvalue weighted by Crippen LogP contribution is 2.01. The molecule has 0 aliphatic rings. The zero-order valence-electron chi connectivity index (χ0n) is 6.83. The van der Waals surface area contributed by atoms with Gasteiger partial charge in [0.2, 0.25) is 0 Å². The summed E-state index contributed by atoms with van der Waals surface area (Å²) in [7, 11) is 0. The lowest BCUT2D eigenvalue weighted by atomic mass is 10.1. The van der Waals surface area contributed by atoms with Gasteiger partial charge in [-0.15, -0.1) is 0 Å². The largest absolute Gasteiger partial charge is 0.394 e. The molecule has 0 saturated carbocycles. The molecule has 78 valence electrons. The Labute approximate surface area is 74.3 Å². The Hall–Kier alpha value is -0.570. The third kappa shape index (κ3) is 3.77. The molecule has 0 radical (unpaired) electrons. The second kappa shape index (κ2) is 5.97. The Kier molecular flexibility index (Phi) is 5.71. The summed E-state index contributed by atoms with van der Waals surface area (Å²) in [5.74, 6) is 3.68. The molecule has 7 heteroatoms. The summed E-state index contributed by atoms with van der Waals surface area (Å²) in [6.45, 7) is -1.33. The molecule has 0 spiro atoms. The Balaban J connectivity index is 4.07. The van der Waals surface area contributed by atoms with Crippen molar-refractivity contribution in [3.63, 3.8) is 0 Å². The number of carbonyl (C=O) groups excluding carboxylic acids is 1. The van der Waals surface area contributed by atoms with Gasteiger partial charge < -0.3 is 20.4 Å². The molecule has 0 fully saturated rings. The van der Waals surface area contributed by atoms with E-state index in [1.165, 1.54) is 0 Å². The van der Waals surface area contributed by atoms with E-state index in [4.69, 9.17) is 20.4 Å². The summed E-state index contributed by atoms with van der Waals surface area (Å²) in [5, 5.41) is 35.2. The van der Waals surface area contributed by atoms with Crippen molar-refractivity contribution in [2.24, 2.45) is 5.90 Å². The number of ketones is 1. The monoisotopic (exact) mass is 195 g/mol. The van der Waals surface area contributed by atoms with Crippen LogP contribution in [0.4, 0.5) is 0 Å². The molecule has 7 nitrogen and oxygen atoms in total. The molecule has 3 atom stereocenters. The average Bonchev–Trinajstić information content (AvgIpc) is 2.14. The van der Waals surface area contributed by atoms with Crippen LogP contribution < -0.4 is 5.90 Å². The second-order valence-electron chi connectivity index (χ2n) is 2.46. The maximum absolute atomic E-state index is 10.8. The van der Waals surface area contributed by atoms with Gasteiger partial charge in [0.25, 0.3) is 0 Å². The number of aliphatic hydroxyl groups is 4. The lowest BCUT2D eigenvalue weighted by molar-refractivity contribution is -0.144. The van der Waals surface area contributed by atoms with Crippen molar-refractivity contribution < 1.29 is 30.1 Å². The standard InChI is InChI=1S/C6H13NO6/c7-13-2-4(10)6(12)5(11)3(9)1-8/h3,5-6,8-9,11-12H,1-2,7H2. The molecule has 0 amide bonds. The Morgan fingerprint density at radius 1 is 1.38 bits per heavy atom. The molecule has 0 aromatic carbocycles. The van der Waals surface area contributed by atoms with E-state index in [1.807, 2.05) is 0 Å². The number of aliphatic hydroxyl groups excluding tert-OH is 4. The van der Waals surface area contributed by atoms with Crippen LogP contribution in [0.25, 0.3) is 0 Å². The van der Waals surface area contributed by atoms with Crippen LogP contribution in [0, 0.1) is 0 Å². The van der Waals surface area contributed by atoms with Gasteiger partial charge in [0.15, 0.2) is 5.78 Å². The molecule has 13 heavy (non-hydrogen) atoms. The average molecular weight is 195 g/mol. The summed E-state index contributed by atoms with van der Waals surface area (Å²) in [4.78, 5) is 14.7. The SMILES string of the molecule is NOCC(=O)C(O)C(O)C(O)CO. The first-order chi connectivity index (χ1) is 6.04. The fourth-order valence-electron chi connectivity index (χ4n) is 0.676. The van der Waals surface area contributed by atoms with E-state index >= 15 is 0 Å². The summed E-state index contributed by atoms with van der Waals surface area (Å²) < 4.78 is 0. The molecule has 0 aliphatic carbocycles. The molecule has 6 N–H and O–H groups in total. The van der Waals surface area contributed by atoms with Crippen LogP contribution >= 0.6 is 0 Å². The van der Waals surface area contributed by atoms with Crippen molar-refractivity contribution in [1.29, 1.82) is 0 Å². The van der Waals surface area contributed by atoms with Gasteiger partial charge in [0.1, 0.15) is 24.9 Å². The topological polar surface area (TPSA) is 133 Å². The van der Waals surface area contributed by atoms with E-state index in [-0.39, 0.29) is 0 Å². The van der Waals surface area contributed by atoms with Crippen LogP contribution in [0.15, 0.2) is 0 Å². The van der Waals surface area contributed by atoms with Crippen LogP contribution in [0.3, 0.4) is 0 Å². The Morgan fingerprint density at radius 2 is 1.92 bits per heavy atom. The van der Waals surface area contributed by atoms with Crippen LogP contribution in [-0.4, -0.2) is 57.7 Å². The molecule has 3 unspecified atom stereocenters. The van der Waals surface area contributed by atoms with Crippen molar-refractivity contribution in [2.75, 3.05) is 13.2 Å². The minimum Gasteiger partial charge on any atom is -0.394 e. The quantitative estimate of drug-likeness (QED) is 0.278. The zero-order valence-corrected chi connectivity index (χ0v) is 6.83. The molecule has 0 bridgehead atoms. The van der Waals surface area contributed by atoms with Gasteiger partial charge in [-0.1, -0.05) is 0 Å². The lowest BCUT2D eigenvalue weighted by Crippen LogP contribution is -2.45. The molecule has 0 saturated heterocycles. The smallest absolute Gasteiger partial charge is 0.191 e. The predicted molar refractivity (Wildman–Crippen MR) is 40.3 cm³/mol. The number of Topliss-reactive ketones (excluding diaryl/α,β-unsaturated/α-hetero) is 1. The fourth-order valence-corrected chi connectivity index (χ4v) is 0.676. The van der Waals surface area contributed by atoms with E-state index in [9.17, 15) is 4.79 Å². The molecular weight excluding hydrogens is 182 g/mol. The third-order valence-electron chi connectivity index (χ3n) is 1.46. The number of hydrogen-bond acceptors (Lipinski definition) is 7. The van der Waals surface area contributed by atoms with Crippen LogP contribution in [-0.2, 0) is 9.63 Å². The highest BCUT2D eigenvalue weighted by Gasteiger charge is 2.29. The fraction of sp³-hybridized carbons (Fsp3) is 0.833. The Morgan fingerprint density at radius 3 is 2.31 bits per heavy atom. The van der Waals surface area contributed by atoms with Crippen molar-refractivity contribution in [3.05, 3.63) is 0 Å². The summed E-state index contributed by atoms with van der Waals surface area (Å²) in [6.07, 6.45) is -5.13. The highest BCUT2D eigenvalue weighted by molar-refractivity contribution is 5.84.